The van der Waals surface area contributed by atoms with E-state index >= 15 is 0 Å². The molecule has 0 radical (unpaired) electrons. The normalized spacial score (nSPS) is 11.4. The van der Waals surface area contributed by atoms with E-state index in [-0.39, 0.29) is 0 Å². The van der Waals surface area contributed by atoms with Crippen LogP contribution in [0.25, 0.3) is 98.5 Å². The summed E-state index contributed by atoms with van der Waals surface area (Å²) in [5, 5.41) is 3.62. The second-order valence-corrected chi connectivity index (χ2v) is 14.3. The number of hydrogen-bond donors (Lipinski definition) is 0. The third-order valence-electron chi connectivity index (χ3n) is 9.88. The fourth-order valence-electron chi connectivity index (χ4n) is 7.15. The van der Waals surface area contributed by atoms with Crippen molar-refractivity contribution in [2.75, 3.05) is 0 Å². The number of aromatic nitrogens is 3. The first-order valence-corrected chi connectivity index (χ1v) is 18.6. The molecule has 0 N–H and O–H groups in total. The Morgan fingerprint density at radius 2 is 0.925 bits per heavy atom. The summed E-state index contributed by atoms with van der Waals surface area (Å²) in [6.07, 6.45) is 0. The van der Waals surface area contributed by atoms with Crippen LogP contribution in [0, 0.1) is 0 Å². The summed E-state index contributed by atoms with van der Waals surface area (Å²) in [5.74, 6) is 0.724. The van der Waals surface area contributed by atoms with Gasteiger partial charge in [-0.2, -0.15) is 0 Å². The molecule has 3 nitrogen and oxygen atoms in total. The smallest absolute Gasteiger partial charge is 0.160 e. The molecular formula is C49H31N3S. The van der Waals surface area contributed by atoms with Crippen LogP contribution in [-0.2, 0) is 0 Å². The maximum absolute atomic E-state index is 5.20. The van der Waals surface area contributed by atoms with Gasteiger partial charge >= 0.3 is 0 Å². The van der Waals surface area contributed by atoms with Crippen molar-refractivity contribution in [3.63, 3.8) is 0 Å². The first kappa shape index (κ1) is 31.0. The van der Waals surface area contributed by atoms with E-state index in [9.17, 15) is 0 Å². The van der Waals surface area contributed by atoms with Gasteiger partial charge in [-0.05, 0) is 63.4 Å². The monoisotopic (exact) mass is 693 g/mol. The van der Waals surface area contributed by atoms with Crippen molar-refractivity contribution < 1.29 is 0 Å². The summed E-state index contributed by atoms with van der Waals surface area (Å²) in [4.78, 5) is 15.6. The Labute approximate surface area is 311 Å². The highest BCUT2D eigenvalue weighted by Gasteiger charge is 2.17. The van der Waals surface area contributed by atoms with Crippen molar-refractivity contribution in [2.45, 2.75) is 0 Å². The molecule has 0 atom stereocenters. The molecule has 0 bridgehead atoms. The van der Waals surface area contributed by atoms with E-state index in [1.807, 2.05) is 12.1 Å². The van der Waals surface area contributed by atoms with Gasteiger partial charge in [-0.3, -0.25) is 0 Å². The van der Waals surface area contributed by atoms with Gasteiger partial charge in [-0.15, -0.1) is 11.3 Å². The molecular weight excluding hydrogens is 663 g/mol. The maximum Gasteiger partial charge on any atom is 0.160 e. The highest BCUT2D eigenvalue weighted by atomic mass is 32.1. The summed E-state index contributed by atoms with van der Waals surface area (Å²) in [6, 6.07) is 66.2. The number of pyridine rings is 1. The van der Waals surface area contributed by atoms with E-state index in [1.54, 1.807) is 11.3 Å². The average molecular weight is 694 g/mol. The minimum Gasteiger partial charge on any atom is -0.248 e. The molecule has 0 aliphatic heterocycles. The van der Waals surface area contributed by atoms with Gasteiger partial charge in [0.25, 0.3) is 0 Å². The van der Waals surface area contributed by atoms with Crippen LogP contribution in [0.3, 0.4) is 0 Å². The number of nitrogens with zero attached hydrogens (tertiary/aromatic N) is 3. The lowest BCUT2D eigenvalue weighted by Gasteiger charge is -2.12. The van der Waals surface area contributed by atoms with E-state index in [1.165, 1.54) is 21.0 Å². The molecule has 0 saturated heterocycles. The summed E-state index contributed by atoms with van der Waals surface area (Å²) < 4.78 is 2.33. The van der Waals surface area contributed by atoms with Crippen LogP contribution in [0.15, 0.2) is 188 Å². The van der Waals surface area contributed by atoms with Gasteiger partial charge in [0.1, 0.15) is 0 Å². The van der Waals surface area contributed by atoms with Crippen LogP contribution >= 0.6 is 11.3 Å². The van der Waals surface area contributed by atoms with Gasteiger partial charge in [0, 0.05) is 32.3 Å². The lowest BCUT2D eigenvalue weighted by atomic mass is 9.97. The summed E-state index contributed by atoms with van der Waals surface area (Å²) in [7, 11) is 0. The average Bonchev–Trinajstić information content (AvgIpc) is 3.62. The van der Waals surface area contributed by atoms with Crippen molar-refractivity contribution >= 4 is 42.4 Å². The Morgan fingerprint density at radius 1 is 0.340 bits per heavy atom. The van der Waals surface area contributed by atoms with Crippen LogP contribution in [-0.4, -0.2) is 15.0 Å². The van der Waals surface area contributed by atoms with Crippen molar-refractivity contribution in [1.29, 1.82) is 0 Å². The van der Waals surface area contributed by atoms with Gasteiger partial charge in [0.15, 0.2) is 5.82 Å². The molecule has 0 unspecified atom stereocenters. The summed E-state index contributed by atoms with van der Waals surface area (Å²) in [6.45, 7) is 0. The number of fused-ring (bicyclic) bond motifs is 4. The number of thiophene rings is 1. The number of benzene rings is 7. The van der Waals surface area contributed by atoms with Crippen LogP contribution < -0.4 is 0 Å². The Morgan fingerprint density at radius 3 is 1.72 bits per heavy atom. The molecule has 0 aliphatic carbocycles. The molecule has 0 aliphatic rings. The standard InChI is InChI=1S/C49H31N3S/c1-3-13-34(14-4-1)43-30-41(39-27-24-32-12-7-8-17-37(32)28-39)31-44(50-43)35-25-22-33(23-26-35)38-18-11-19-40(29-38)49-51-46(36-15-5-2-6-16-36)48-47(52-49)42-20-9-10-21-45(42)53-48/h1-31H. The van der Waals surface area contributed by atoms with Gasteiger partial charge in [0.05, 0.1) is 27.3 Å². The molecule has 0 saturated carbocycles. The molecule has 7 aromatic carbocycles. The van der Waals surface area contributed by atoms with E-state index in [2.05, 4.69) is 176 Å². The summed E-state index contributed by atoms with van der Waals surface area (Å²) >= 11 is 1.76. The van der Waals surface area contributed by atoms with Crippen molar-refractivity contribution in [3.8, 4) is 67.4 Å². The molecule has 3 heterocycles. The zero-order chi connectivity index (χ0) is 35.1. The largest absolute Gasteiger partial charge is 0.248 e. The van der Waals surface area contributed by atoms with E-state index in [0.29, 0.717) is 0 Å². The first-order valence-electron chi connectivity index (χ1n) is 17.8. The van der Waals surface area contributed by atoms with Gasteiger partial charge in [0.2, 0.25) is 0 Å². The molecule has 10 aromatic rings. The van der Waals surface area contributed by atoms with Crippen LogP contribution in [0.1, 0.15) is 0 Å². The van der Waals surface area contributed by atoms with Gasteiger partial charge in [-0.1, -0.05) is 158 Å². The highest BCUT2D eigenvalue weighted by molar-refractivity contribution is 7.26. The molecule has 0 spiro atoms. The lowest BCUT2D eigenvalue weighted by Crippen LogP contribution is -1.94. The van der Waals surface area contributed by atoms with Crippen molar-refractivity contribution in [3.05, 3.63) is 188 Å². The zero-order valence-corrected chi connectivity index (χ0v) is 29.5. The molecule has 0 fully saturated rings. The fraction of sp³-hybridized carbons (Fsp3) is 0. The predicted octanol–water partition coefficient (Wildman–Crippen LogP) is 13.4. The van der Waals surface area contributed by atoms with E-state index in [4.69, 9.17) is 15.0 Å². The second-order valence-electron chi connectivity index (χ2n) is 13.3. The minimum absolute atomic E-state index is 0.724. The van der Waals surface area contributed by atoms with E-state index in [0.717, 1.165) is 77.5 Å². The minimum atomic E-state index is 0.724. The molecule has 10 rings (SSSR count). The summed E-state index contributed by atoms with van der Waals surface area (Å²) in [5.41, 5.74) is 12.6. The Kier molecular flexibility index (Phi) is 7.67. The van der Waals surface area contributed by atoms with E-state index < -0.39 is 0 Å². The molecule has 0 amide bonds. The highest BCUT2D eigenvalue weighted by Crippen LogP contribution is 2.40. The van der Waals surface area contributed by atoms with Crippen LogP contribution in [0.4, 0.5) is 0 Å². The fourth-order valence-corrected chi connectivity index (χ4v) is 8.31. The molecule has 53 heavy (non-hydrogen) atoms. The third-order valence-corrected chi connectivity index (χ3v) is 11.0. The number of rotatable bonds is 6. The zero-order valence-electron chi connectivity index (χ0n) is 28.6. The Hall–Kier alpha value is -6.75. The predicted molar refractivity (Wildman–Crippen MR) is 223 cm³/mol. The second kappa shape index (κ2) is 13.1. The van der Waals surface area contributed by atoms with Gasteiger partial charge < -0.3 is 0 Å². The van der Waals surface area contributed by atoms with Crippen molar-refractivity contribution in [2.24, 2.45) is 0 Å². The quantitative estimate of drug-likeness (QED) is 0.174. The maximum atomic E-state index is 5.20. The van der Waals surface area contributed by atoms with Crippen molar-refractivity contribution in [1.82, 2.24) is 15.0 Å². The van der Waals surface area contributed by atoms with Crippen LogP contribution in [0.5, 0.6) is 0 Å². The number of hydrogen-bond acceptors (Lipinski definition) is 4. The third kappa shape index (κ3) is 5.85. The molecule has 248 valence electrons. The first-order chi connectivity index (χ1) is 26.2. The molecule has 4 heteroatoms. The lowest BCUT2D eigenvalue weighted by molar-refractivity contribution is 1.24. The SMILES string of the molecule is c1ccc(-c2cc(-c3ccc4ccccc4c3)cc(-c3ccc(-c4cccc(-c5nc(-c6ccccc6)c6sc7ccccc7c6n5)c4)cc3)n2)cc1. The molecule has 3 aromatic heterocycles. The Bertz CT molecular complexity index is 2930. The Balaban J connectivity index is 1.04. The van der Waals surface area contributed by atoms with Crippen LogP contribution in [0.2, 0.25) is 0 Å². The topological polar surface area (TPSA) is 38.7 Å². The van der Waals surface area contributed by atoms with Gasteiger partial charge in [-0.25, -0.2) is 15.0 Å².